The van der Waals surface area contributed by atoms with E-state index in [-0.39, 0.29) is 11.9 Å². The van der Waals surface area contributed by atoms with E-state index < -0.39 is 18.8 Å². The molecule has 0 spiro atoms. The molecule has 1 amide bonds. The normalized spacial score (nSPS) is 17.5. The molecule has 1 aliphatic carbocycles. The number of rotatable bonds is 9. The smallest absolute Gasteiger partial charge is 0.490 e. The SMILES string of the molecule is CNC1CCC(N(Cc2cc(-c3ccc(COC(=O)C(F)(F)F)cc3)ccc2OC)C(=O)c2cccs2)CC1. The third-order valence-electron chi connectivity index (χ3n) is 7.05. The Kier molecular flexibility index (Phi) is 9.29. The molecular weight excluding hydrogens is 529 g/mol. The third kappa shape index (κ3) is 7.19. The number of nitrogens with zero attached hydrogens (tertiary/aromatic N) is 1. The van der Waals surface area contributed by atoms with E-state index in [0.29, 0.717) is 28.8 Å². The van der Waals surface area contributed by atoms with Gasteiger partial charge in [0.05, 0.1) is 12.0 Å². The summed E-state index contributed by atoms with van der Waals surface area (Å²) in [5, 5.41) is 5.24. The zero-order chi connectivity index (χ0) is 28.0. The highest BCUT2D eigenvalue weighted by Gasteiger charge is 2.40. The molecule has 0 unspecified atom stereocenters. The first-order chi connectivity index (χ1) is 18.7. The average molecular weight is 561 g/mol. The summed E-state index contributed by atoms with van der Waals surface area (Å²) in [4.78, 5) is 27.2. The molecule has 0 bridgehead atoms. The predicted molar refractivity (Wildman–Crippen MR) is 144 cm³/mol. The van der Waals surface area contributed by atoms with Gasteiger partial charge in [0.25, 0.3) is 5.91 Å². The Bertz CT molecular complexity index is 1250. The Hall–Kier alpha value is -3.37. The number of esters is 1. The number of alkyl halides is 3. The van der Waals surface area contributed by atoms with Crippen LogP contribution in [0.25, 0.3) is 11.1 Å². The second-order valence-electron chi connectivity index (χ2n) is 9.50. The molecule has 1 aromatic heterocycles. The fourth-order valence-electron chi connectivity index (χ4n) is 4.87. The van der Waals surface area contributed by atoms with Gasteiger partial charge in [0.1, 0.15) is 12.4 Å². The number of carbonyl (C=O) groups excluding carboxylic acids is 2. The van der Waals surface area contributed by atoms with Crippen molar-refractivity contribution in [3.8, 4) is 16.9 Å². The number of methoxy groups -OCH3 is 1. The highest BCUT2D eigenvalue weighted by Crippen LogP contribution is 2.32. The minimum atomic E-state index is -5.02. The van der Waals surface area contributed by atoms with Crippen LogP contribution in [0.1, 0.15) is 46.5 Å². The van der Waals surface area contributed by atoms with Crippen molar-refractivity contribution in [2.24, 2.45) is 0 Å². The van der Waals surface area contributed by atoms with Crippen molar-refractivity contribution in [3.63, 3.8) is 0 Å². The van der Waals surface area contributed by atoms with Crippen LogP contribution in [-0.4, -0.2) is 49.2 Å². The Balaban J connectivity index is 1.55. The monoisotopic (exact) mass is 560 g/mol. The van der Waals surface area contributed by atoms with E-state index in [1.807, 2.05) is 47.7 Å². The number of thiophene rings is 1. The van der Waals surface area contributed by atoms with Crippen molar-refractivity contribution in [2.75, 3.05) is 14.2 Å². The van der Waals surface area contributed by atoms with Gasteiger partial charge in [0.2, 0.25) is 0 Å². The fraction of sp³-hybridized carbons (Fsp3) is 0.379. The Labute approximate surface area is 229 Å². The summed E-state index contributed by atoms with van der Waals surface area (Å²) in [6.07, 6.45) is -1.21. The molecule has 0 radical (unpaired) electrons. The molecular formula is C29H31F3N2O4S. The molecule has 0 atom stereocenters. The van der Waals surface area contributed by atoms with Crippen molar-refractivity contribution in [1.82, 2.24) is 10.2 Å². The standard InChI is InChI=1S/C29H31F3N2O4S/c1-33-23-10-12-24(13-11-23)34(27(35)26-4-3-15-39-26)17-22-16-21(9-14-25(22)37-2)20-7-5-19(6-8-20)18-38-28(36)29(30,31)32/h3-9,14-16,23-24,33H,10-13,17-18H2,1-2H3. The average Bonchev–Trinajstić information content (AvgIpc) is 3.49. The highest BCUT2D eigenvalue weighted by atomic mass is 32.1. The van der Waals surface area contributed by atoms with Crippen molar-refractivity contribution in [1.29, 1.82) is 0 Å². The minimum absolute atomic E-state index is 0.00289. The van der Waals surface area contributed by atoms with Gasteiger partial charge in [-0.15, -0.1) is 11.3 Å². The summed E-state index contributed by atoms with van der Waals surface area (Å²) in [7, 11) is 3.57. The maximum absolute atomic E-state index is 13.6. The fourth-order valence-corrected chi connectivity index (χ4v) is 5.55. The molecule has 208 valence electrons. The van der Waals surface area contributed by atoms with E-state index in [0.717, 1.165) is 42.4 Å². The number of ether oxygens (including phenoxy) is 2. The third-order valence-corrected chi connectivity index (χ3v) is 7.91. The highest BCUT2D eigenvalue weighted by molar-refractivity contribution is 7.12. The van der Waals surface area contributed by atoms with Gasteiger partial charge in [-0.2, -0.15) is 13.2 Å². The molecule has 1 N–H and O–H groups in total. The van der Waals surface area contributed by atoms with E-state index in [1.54, 1.807) is 31.4 Å². The lowest BCUT2D eigenvalue weighted by Gasteiger charge is -2.37. The Morgan fingerprint density at radius 2 is 1.72 bits per heavy atom. The molecule has 0 aliphatic heterocycles. The number of hydrogen-bond acceptors (Lipinski definition) is 6. The van der Waals surface area contributed by atoms with Crippen LogP contribution >= 0.6 is 11.3 Å². The summed E-state index contributed by atoms with van der Waals surface area (Å²) >= 11 is 1.43. The van der Waals surface area contributed by atoms with E-state index in [2.05, 4.69) is 10.1 Å². The van der Waals surface area contributed by atoms with Gasteiger partial charge in [-0.25, -0.2) is 4.79 Å². The number of hydrogen-bond donors (Lipinski definition) is 1. The summed E-state index contributed by atoms with van der Waals surface area (Å²) < 4.78 is 47.2. The van der Waals surface area contributed by atoms with E-state index in [4.69, 9.17) is 4.74 Å². The maximum atomic E-state index is 13.6. The van der Waals surface area contributed by atoms with Crippen molar-refractivity contribution in [3.05, 3.63) is 76.0 Å². The van der Waals surface area contributed by atoms with Gasteiger partial charge in [-0.3, -0.25) is 4.79 Å². The molecule has 39 heavy (non-hydrogen) atoms. The molecule has 4 rings (SSSR count). The number of carbonyl (C=O) groups is 2. The molecule has 1 aliphatic rings. The molecule has 10 heteroatoms. The van der Waals surface area contributed by atoms with E-state index in [9.17, 15) is 22.8 Å². The second kappa shape index (κ2) is 12.7. The number of amides is 1. The largest absolute Gasteiger partial charge is 0.496 e. The van der Waals surface area contributed by atoms with Gasteiger partial charge in [-0.1, -0.05) is 36.4 Å². The van der Waals surface area contributed by atoms with Crippen molar-refractivity contribution < 1.29 is 32.2 Å². The van der Waals surface area contributed by atoms with Gasteiger partial charge >= 0.3 is 12.1 Å². The van der Waals surface area contributed by atoms with Crippen molar-refractivity contribution >= 4 is 23.2 Å². The number of benzene rings is 2. The molecule has 1 heterocycles. The van der Waals surface area contributed by atoms with Crippen molar-refractivity contribution in [2.45, 2.75) is 57.1 Å². The van der Waals surface area contributed by atoms with Gasteiger partial charge in [0, 0.05) is 24.2 Å². The lowest BCUT2D eigenvalue weighted by Crippen LogP contribution is -2.44. The molecule has 1 saturated carbocycles. The topological polar surface area (TPSA) is 67.9 Å². The number of halogens is 3. The molecule has 2 aromatic carbocycles. The van der Waals surface area contributed by atoms with Crippen LogP contribution in [0, 0.1) is 0 Å². The van der Waals surface area contributed by atoms with Gasteiger partial charge < -0.3 is 19.7 Å². The van der Waals surface area contributed by atoms with E-state index >= 15 is 0 Å². The Morgan fingerprint density at radius 3 is 2.31 bits per heavy atom. The molecule has 1 fully saturated rings. The second-order valence-corrected chi connectivity index (χ2v) is 10.4. The summed E-state index contributed by atoms with van der Waals surface area (Å²) in [5.74, 6) is -1.54. The van der Waals surface area contributed by atoms with Crippen LogP contribution in [-0.2, 0) is 22.7 Å². The van der Waals surface area contributed by atoms with Crippen LogP contribution in [0.2, 0.25) is 0 Å². The zero-order valence-electron chi connectivity index (χ0n) is 21.8. The first kappa shape index (κ1) is 28.6. The minimum Gasteiger partial charge on any atom is -0.496 e. The predicted octanol–water partition coefficient (Wildman–Crippen LogP) is 6.20. The summed E-state index contributed by atoms with van der Waals surface area (Å²) in [5.41, 5.74) is 3.00. The molecule has 0 saturated heterocycles. The van der Waals surface area contributed by atoms with Crippen LogP contribution < -0.4 is 10.1 Å². The maximum Gasteiger partial charge on any atom is 0.490 e. The van der Waals surface area contributed by atoms with E-state index in [1.165, 1.54) is 11.3 Å². The molecule has 3 aromatic rings. The Morgan fingerprint density at radius 1 is 1.03 bits per heavy atom. The lowest BCUT2D eigenvalue weighted by atomic mass is 9.89. The van der Waals surface area contributed by atoms with Crippen LogP contribution in [0.4, 0.5) is 13.2 Å². The van der Waals surface area contributed by atoms with Gasteiger partial charge in [0.15, 0.2) is 0 Å². The summed E-state index contributed by atoms with van der Waals surface area (Å²) in [6.45, 7) is -0.0871. The van der Waals surface area contributed by atoms with Crippen LogP contribution in [0.5, 0.6) is 5.75 Å². The van der Waals surface area contributed by atoms with Gasteiger partial charge in [-0.05, 0) is 73.0 Å². The lowest BCUT2D eigenvalue weighted by molar-refractivity contribution is -0.201. The molecule has 6 nitrogen and oxygen atoms in total. The van der Waals surface area contributed by atoms with Crippen LogP contribution in [0.3, 0.4) is 0 Å². The first-order valence-electron chi connectivity index (χ1n) is 12.7. The van der Waals surface area contributed by atoms with Crippen LogP contribution in [0.15, 0.2) is 60.0 Å². The zero-order valence-corrected chi connectivity index (χ0v) is 22.6. The first-order valence-corrected chi connectivity index (χ1v) is 13.6. The quantitative estimate of drug-likeness (QED) is 0.316. The number of nitrogens with one attached hydrogen (secondary N) is 1. The summed E-state index contributed by atoms with van der Waals surface area (Å²) in [6, 6.07) is 16.8.